The van der Waals surface area contributed by atoms with Crippen LogP contribution in [-0.4, -0.2) is 49.7 Å². The monoisotopic (exact) mass is 564 g/mol. The maximum atomic E-state index is 13.3. The quantitative estimate of drug-likeness (QED) is 0.295. The molecule has 3 heterocycles. The topological polar surface area (TPSA) is 128 Å². The average molecular weight is 565 g/mol. The third-order valence-electron chi connectivity index (χ3n) is 9.37. The van der Waals surface area contributed by atoms with Crippen LogP contribution in [0.5, 0.6) is 0 Å². The van der Waals surface area contributed by atoms with Crippen molar-refractivity contribution in [3.05, 3.63) is 54.2 Å². The molecule has 6 rings (SSSR count). The lowest BCUT2D eigenvalue weighted by atomic mass is 9.63. The van der Waals surface area contributed by atoms with Crippen LogP contribution in [0.3, 0.4) is 0 Å². The van der Waals surface area contributed by atoms with Crippen molar-refractivity contribution in [1.29, 1.82) is 0 Å². The zero-order valence-electron chi connectivity index (χ0n) is 22.9. The standard InChI is InChI=1S/C30H40N6O3S/c37-29(27-17-30(20-31-15-14-28(30)34-27)23-6-4-2-1-3-5-7-23)32-18-21-8-12-25(13-9-21)40(38,39)36-24-11-10-22-19-33-35-26(22)16-24/h8-13,16,19,23,27-28,31,34,36H,1-7,14-15,17-18,20H2,(H,32,37)(H,33,35). The Hall–Kier alpha value is -2.95. The van der Waals surface area contributed by atoms with Crippen molar-refractivity contribution in [3.8, 4) is 0 Å². The van der Waals surface area contributed by atoms with Gasteiger partial charge in [0.05, 0.1) is 22.1 Å². The van der Waals surface area contributed by atoms with Crippen LogP contribution in [0.2, 0.25) is 0 Å². The highest BCUT2D eigenvalue weighted by atomic mass is 32.2. The summed E-state index contributed by atoms with van der Waals surface area (Å²) in [7, 11) is -3.75. The SMILES string of the molecule is O=C(NCc1ccc(S(=O)(=O)Nc2ccc3c[nH]nc3c2)cc1)C1CC2(C3CCCCCCC3)CNCCC2N1. The van der Waals surface area contributed by atoms with Gasteiger partial charge in [-0.05, 0) is 74.0 Å². The van der Waals surface area contributed by atoms with Gasteiger partial charge in [0.2, 0.25) is 5.91 Å². The number of nitrogens with one attached hydrogen (secondary N) is 5. The summed E-state index contributed by atoms with van der Waals surface area (Å²) >= 11 is 0. The number of piperidine rings is 1. The summed E-state index contributed by atoms with van der Waals surface area (Å²) in [6.07, 6.45) is 12.9. The number of aromatic nitrogens is 2. The summed E-state index contributed by atoms with van der Waals surface area (Å²) in [5, 5.41) is 18.3. The zero-order valence-corrected chi connectivity index (χ0v) is 23.7. The van der Waals surface area contributed by atoms with Gasteiger partial charge in [0, 0.05) is 36.1 Å². The fourth-order valence-corrected chi connectivity index (χ4v) is 8.28. The molecule has 3 atom stereocenters. The highest BCUT2D eigenvalue weighted by Crippen LogP contribution is 2.48. The minimum absolute atomic E-state index is 0.0340. The van der Waals surface area contributed by atoms with Crippen LogP contribution in [0.25, 0.3) is 10.9 Å². The van der Waals surface area contributed by atoms with E-state index in [1.54, 1.807) is 42.6 Å². The normalized spacial score (nSPS) is 26.1. The molecule has 3 aliphatic rings. The zero-order chi connectivity index (χ0) is 27.6. The summed E-state index contributed by atoms with van der Waals surface area (Å²) in [5.41, 5.74) is 2.15. The first kappa shape index (κ1) is 27.2. The van der Waals surface area contributed by atoms with Crippen LogP contribution in [-0.2, 0) is 21.4 Å². The van der Waals surface area contributed by atoms with E-state index in [4.69, 9.17) is 0 Å². The lowest BCUT2D eigenvalue weighted by Gasteiger charge is -2.46. The smallest absolute Gasteiger partial charge is 0.261 e. The molecule has 2 saturated heterocycles. The number of carbonyl (C=O) groups is 1. The lowest BCUT2D eigenvalue weighted by molar-refractivity contribution is -0.123. The minimum Gasteiger partial charge on any atom is -0.351 e. The number of H-pyrrole nitrogens is 1. The number of amides is 1. The predicted octanol–water partition coefficient (Wildman–Crippen LogP) is 4.05. The molecule has 1 aliphatic carbocycles. The molecule has 3 unspecified atom stereocenters. The third kappa shape index (κ3) is 5.62. The van der Waals surface area contributed by atoms with E-state index < -0.39 is 10.0 Å². The van der Waals surface area contributed by atoms with Crippen LogP contribution in [0.4, 0.5) is 5.69 Å². The van der Waals surface area contributed by atoms with Crippen LogP contribution < -0.4 is 20.7 Å². The van der Waals surface area contributed by atoms with Crippen molar-refractivity contribution in [2.75, 3.05) is 17.8 Å². The number of nitrogens with zero attached hydrogens (tertiary/aromatic N) is 1. The van der Waals surface area contributed by atoms with Crippen LogP contribution >= 0.6 is 0 Å². The molecule has 214 valence electrons. The number of hydrogen-bond donors (Lipinski definition) is 5. The number of hydrogen-bond acceptors (Lipinski definition) is 6. The third-order valence-corrected chi connectivity index (χ3v) is 10.8. The highest BCUT2D eigenvalue weighted by molar-refractivity contribution is 7.92. The lowest BCUT2D eigenvalue weighted by Crippen LogP contribution is -2.54. The van der Waals surface area contributed by atoms with Gasteiger partial charge in [0.25, 0.3) is 10.0 Å². The van der Waals surface area contributed by atoms with Crippen molar-refractivity contribution >= 4 is 32.5 Å². The minimum atomic E-state index is -3.75. The van der Waals surface area contributed by atoms with Crippen molar-refractivity contribution < 1.29 is 13.2 Å². The molecule has 2 aromatic carbocycles. The maximum absolute atomic E-state index is 13.3. The van der Waals surface area contributed by atoms with Gasteiger partial charge >= 0.3 is 0 Å². The molecular weight excluding hydrogens is 524 g/mol. The Labute approximate surface area is 236 Å². The molecule has 3 aromatic rings. The first-order chi connectivity index (χ1) is 19.4. The molecule has 0 radical (unpaired) electrons. The first-order valence-electron chi connectivity index (χ1n) is 14.7. The number of sulfonamides is 1. The summed E-state index contributed by atoms with van der Waals surface area (Å²) < 4.78 is 28.5. The van der Waals surface area contributed by atoms with Crippen LogP contribution in [0.1, 0.15) is 63.4 Å². The Morgan fingerprint density at radius 3 is 2.58 bits per heavy atom. The number of carbonyl (C=O) groups excluding carboxylic acids is 1. The van der Waals surface area contributed by atoms with Gasteiger partial charge < -0.3 is 16.0 Å². The van der Waals surface area contributed by atoms with Gasteiger partial charge in [-0.2, -0.15) is 5.10 Å². The van der Waals surface area contributed by atoms with Gasteiger partial charge in [-0.3, -0.25) is 14.6 Å². The van der Waals surface area contributed by atoms with E-state index in [1.807, 2.05) is 6.07 Å². The van der Waals surface area contributed by atoms with E-state index in [2.05, 4.69) is 30.9 Å². The van der Waals surface area contributed by atoms with Crippen molar-refractivity contribution in [2.45, 2.75) is 81.3 Å². The van der Waals surface area contributed by atoms with Crippen LogP contribution in [0.15, 0.2) is 53.6 Å². The van der Waals surface area contributed by atoms with Gasteiger partial charge in [-0.15, -0.1) is 0 Å². The number of aromatic amines is 1. The Morgan fingerprint density at radius 1 is 1.00 bits per heavy atom. The molecule has 1 aromatic heterocycles. The van der Waals surface area contributed by atoms with E-state index in [0.29, 0.717) is 29.7 Å². The molecule has 3 fully saturated rings. The largest absolute Gasteiger partial charge is 0.351 e. The fraction of sp³-hybridized carbons (Fsp3) is 0.533. The molecule has 9 nitrogen and oxygen atoms in total. The first-order valence-corrected chi connectivity index (χ1v) is 16.2. The molecule has 0 bridgehead atoms. The number of benzene rings is 2. The molecule has 1 saturated carbocycles. The predicted molar refractivity (Wildman–Crippen MR) is 156 cm³/mol. The second-order valence-electron chi connectivity index (χ2n) is 11.8. The molecular formula is C30H40N6O3S. The van der Waals surface area contributed by atoms with E-state index >= 15 is 0 Å². The van der Waals surface area contributed by atoms with E-state index in [1.165, 1.54) is 44.9 Å². The van der Waals surface area contributed by atoms with Crippen molar-refractivity contribution in [2.24, 2.45) is 11.3 Å². The Balaban J connectivity index is 1.07. The van der Waals surface area contributed by atoms with Crippen molar-refractivity contribution in [1.82, 2.24) is 26.1 Å². The molecule has 0 spiro atoms. The Morgan fingerprint density at radius 2 is 1.77 bits per heavy atom. The van der Waals surface area contributed by atoms with E-state index in [-0.39, 0.29) is 22.3 Å². The number of fused-ring (bicyclic) bond motifs is 2. The maximum Gasteiger partial charge on any atom is 0.261 e. The molecule has 10 heteroatoms. The molecule has 5 N–H and O–H groups in total. The molecule has 1 amide bonds. The van der Waals surface area contributed by atoms with Gasteiger partial charge in [-0.1, -0.05) is 44.2 Å². The Kier molecular flexibility index (Phi) is 7.83. The molecule has 40 heavy (non-hydrogen) atoms. The number of anilines is 1. The fourth-order valence-electron chi connectivity index (χ4n) is 7.23. The summed E-state index contributed by atoms with van der Waals surface area (Å²) in [4.78, 5) is 13.5. The Bertz CT molecular complexity index is 1430. The van der Waals surface area contributed by atoms with Gasteiger partial charge in [0.1, 0.15) is 0 Å². The number of rotatable bonds is 7. The van der Waals surface area contributed by atoms with E-state index in [0.717, 1.165) is 36.9 Å². The summed E-state index contributed by atoms with van der Waals surface area (Å²) in [6.45, 7) is 2.36. The van der Waals surface area contributed by atoms with Gasteiger partial charge in [-0.25, -0.2) is 8.42 Å². The van der Waals surface area contributed by atoms with Crippen LogP contribution in [0, 0.1) is 11.3 Å². The summed E-state index contributed by atoms with van der Waals surface area (Å²) in [5.74, 6) is 0.701. The van der Waals surface area contributed by atoms with E-state index in [9.17, 15) is 13.2 Å². The highest BCUT2D eigenvalue weighted by Gasteiger charge is 2.53. The van der Waals surface area contributed by atoms with Crippen molar-refractivity contribution in [3.63, 3.8) is 0 Å². The van der Waals surface area contributed by atoms with Gasteiger partial charge in [0.15, 0.2) is 0 Å². The summed E-state index contributed by atoms with van der Waals surface area (Å²) in [6, 6.07) is 12.1. The second-order valence-corrected chi connectivity index (χ2v) is 13.5. The average Bonchev–Trinajstić information content (AvgIpc) is 3.56. The molecule has 2 aliphatic heterocycles. The second kappa shape index (κ2) is 11.5.